The van der Waals surface area contributed by atoms with Crippen molar-refractivity contribution in [2.45, 2.75) is 38.8 Å². The summed E-state index contributed by atoms with van der Waals surface area (Å²) < 4.78 is 0. The van der Waals surface area contributed by atoms with Crippen molar-refractivity contribution in [2.24, 2.45) is 5.92 Å². The SMILES string of the molecule is CC(C)Nc1nccc(N2C[C@H]3CCCN[C@H]3C2)n1. The van der Waals surface area contributed by atoms with Crippen LogP contribution in [0.1, 0.15) is 26.7 Å². The van der Waals surface area contributed by atoms with Crippen LogP contribution in [0.15, 0.2) is 12.3 Å². The van der Waals surface area contributed by atoms with Gasteiger partial charge in [0.15, 0.2) is 0 Å². The Labute approximate surface area is 114 Å². The van der Waals surface area contributed by atoms with E-state index in [-0.39, 0.29) is 0 Å². The van der Waals surface area contributed by atoms with Crippen LogP contribution in [0.2, 0.25) is 0 Å². The van der Waals surface area contributed by atoms with E-state index < -0.39 is 0 Å². The molecule has 0 unspecified atom stereocenters. The molecule has 19 heavy (non-hydrogen) atoms. The van der Waals surface area contributed by atoms with Gasteiger partial charge in [0.1, 0.15) is 5.82 Å². The minimum absolute atomic E-state index is 0.359. The molecule has 2 aliphatic heterocycles. The van der Waals surface area contributed by atoms with E-state index in [1.54, 1.807) is 0 Å². The van der Waals surface area contributed by atoms with Crippen LogP contribution in [0.5, 0.6) is 0 Å². The Balaban J connectivity index is 1.72. The number of hydrogen-bond acceptors (Lipinski definition) is 5. The van der Waals surface area contributed by atoms with Gasteiger partial charge in [0, 0.05) is 31.4 Å². The maximum atomic E-state index is 4.63. The van der Waals surface area contributed by atoms with Gasteiger partial charge >= 0.3 is 0 Å². The van der Waals surface area contributed by atoms with Crippen LogP contribution in [0, 0.1) is 5.92 Å². The maximum Gasteiger partial charge on any atom is 0.224 e. The molecule has 0 amide bonds. The van der Waals surface area contributed by atoms with Crippen molar-refractivity contribution in [1.29, 1.82) is 0 Å². The third kappa shape index (κ3) is 2.81. The molecule has 0 aliphatic carbocycles. The first-order valence-electron chi connectivity index (χ1n) is 7.30. The molecule has 0 spiro atoms. The van der Waals surface area contributed by atoms with Crippen LogP contribution in [-0.2, 0) is 0 Å². The quantitative estimate of drug-likeness (QED) is 0.863. The lowest BCUT2D eigenvalue weighted by Gasteiger charge is -2.24. The van der Waals surface area contributed by atoms with Crippen molar-refractivity contribution >= 4 is 11.8 Å². The summed E-state index contributed by atoms with van der Waals surface area (Å²) in [5.41, 5.74) is 0. The second-order valence-corrected chi connectivity index (χ2v) is 5.91. The zero-order valence-electron chi connectivity index (χ0n) is 11.8. The number of rotatable bonds is 3. The van der Waals surface area contributed by atoms with Crippen LogP contribution in [-0.4, -0.2) is 41.7 Å². The summed E-state index contributed by atoms with van der Waals surface area (Å²) in [5.74, 6) is 2.56. The Bertz CT molecular complexity index is 420. The van der Waals surface area contributed by atoms with Crippen molar-refractivity contribution < 1.29 is 0 Å². The second-order valence-electron chi connectivity index (χ2n) is 5.91. The van der Waals surface area contributed by atoms with Crippen molar-refractivity contribution in [3.05, 3.63) is 12.3 Å². The van der Waals surface area contributed by atoms with Crippen molar-refractivity contribution in [2.75, 3.05) is 29.9 Å². The fourth-order valence-corrected chi connectivity index (χ4v) is 3.09. The summed E-state index contributed by atoms with van der Waals surface area (Å²) >= 11 is 0. The topological polar surface area (TPSA) is 53.1 Å². The standard InChI is InChI=1S/C14H23N5/c1-10(2)17-14-16-7-5-13(18-14)19-8-11-4-3-6-15-12(11)9-19/h5,7,10-12,15H,3-4,6,8-9H2,1-2H3,(H,16,17,18)/t11-,12+/m1/s1. The van der Waals surface area contributed by atoms with Gasteiger partial charge in [0.05, 0.1) is 0 Å². The molecule has 2 N–H and O–H groups in total. The molecular weight excluding hydrogens is 238 g/mol. The highest BCUT2D eigenvalue weighted by molar-refractivity contribution is 5.44. The summed E-state index contributed by atoms with van der Waals surface area (Å²) in [4.78, 5) is 11.3. The highest BCUT2D eigenvalue weighted by Crippen LogP contribution is 2.28. The lowest BCUT2D eigenvalue weighted by atomic mass is 9.94. The van der Waals surface area contributed by atoms with Crippen LogP contribution >= 0.6 is 0 Å². The normalized spacial score (nSPS) is 26.6. The van der Waals surface area contributed by atoms with Crippen molar-refractivity contribution in [1.82, 2.24) is 15.3 Å². The molecule has 5 heteroatoms. The predicted molar refractivity (Wildman–Crippen MR) is 77.5 cm³/mol. The largest absolute Gasteiger partial charge is 0.355 e. The zero-order valence-corrected chi connectivity index (χ0v) is 11.8. The molecule has 1 aromatic rings. The summed E-state index contributed by atoms with van der Waals surface area (Å²) in [5, 5.41) is 6.89. The summed E-state index contributed by atoms with van der Waals surface area (Å²) in [6.07, 6.45) is 4.50. The smallest absolute Gasteiger partial charge is 0.224 e. The van der Waals surface area contributed by atoms with Gasteiger partial charge in [-0.2, -0.15) is 4.98 Å². The Morgan fingerprint density at radius 1 is 1.42 bits per heavy atom. The minimum Gasteiger partial charge on any atom is -0.355 e. The Kier molecular flexibility index (Phi) is 3.55. The Morgan fingerprint density at radius 3 is 3.11 bits per heavy atom. The molecule has 2 atom stereocenters. The monoisotopic (exact) mass is 261 g/mol. The average Bonchev–Trinajstić information content (AvgIpc) is 2.82. The maximum absolute atomic E-state index is 4.63. The number of fused-ring (bicyclic) bond motifs is 1. The van der Waals surface area contributed by atoms with Crippen LogP contribution in [0.4, 0.5) is 11.8 Å². The van der Waals surface area contributed by atoms with E-state index in [0.29, 0.717) is 12.1 Å². The lowest BCUT2D eigenvalue weighted by molar-refractivity contribution is 0.340. The number of hydrogen-bond donors (Lipinski definition) is 2. The third-order valence-electron chi connectivity index (χ3n) is 3.98. The number of nitrogens with one attached hydrogen (secondary N) is 2. The second kappa shape index (κ2) is 5.33. The molecule has 0 bridgehead atoms. The molecule has 3 heterocycles. The van der Waals surface area contributed by atoms with Gasteiger partial charge in [-0.25, -0.2) is 4.98 Å². The van der Waals surface area contributed by atoms with Gasteiger partial charge < -0.3 is 15.5 Å². The number of anilines is 2. The first-order valence-corrected chi connectivity index (χ1v) is 7.30. The molecule has 0 saturated carbocycles. The lowest BCUT2D eigenvalue weighted by Crippen LogP contribution is -2.40. The molecule has 5 nitrogen and oxygen atoms in total. The Morgan fingerprint density at radius 2 is 2.32 bits per heavy atom. The number of aromatic nitrogens is 2. The number of piperidine rings is 1. The summed E-state index contributed by atoms with van der Waals surface area (Å²) in [7, 11) is 0. The first-order chi connectivity index (χ1) is 9.22. The van der Waals surface area contributed by atoms with E-state index in [1.807, 2.05) is 12.3 Å². The van der Waals surface area contributed by atoms with E-state index in [0.717, 1.165) is 30.8 Å². The Hall–Kier alpha value is -1.36. The molecule has 2 fully saturated rings. The van der Waals surface area contributed by atoms with E-state index in [2.05, 4.69) is 39.3 Å². The molecule has 2 saturated heterocycles. The summed E-state index contributed by atoms with van der Waals surface area (Å²) in [6.45, 7) is 7.56. The molecular formula is C14H23N5. The number of nitrogens with zero attached hydrogens (tertiary/aromatic N) is 3. The van der Waals surface area contributed by atoms with Crippen LogP contribution < -0.4 is 15.5 Å². The van der Waals surface area contributed by atoms with Gasteiger partial charge in [-0.05, 0) is 45.2 Å². The van der Waals surface area contributed by atoms with Gasteiger partial charge in [-0.15, -0.1) is 0 Å². The van der Waals surface area contributed by atoms with Gasteiger partial charge in [-0.3, -0.25) is 0 Å². The van der Waals surface area contributed by atoms with Crippen molar-refractivity contribution in [3.8, 4) is 0 Å². The molecule has 0 aromatic carbocycles. The van der Waals surface area contributed by atoms with E-state index in [4.69, 9.17) is 0 Å². The van der Waals surface area contributed by atoms with E-state index >= 15 is 0 Å². The molecule has 104 valence electrons. The van der Waals surface area contributed by atoms with Crippen LogP contribution in [0.25, 0.3) is 0 Å². The van der Waals surface area contributed by atoms with Crippen LogP contribution in [0.3, 0.4) is 0 Å². The third-order valence-corrected chi connectivity index (χ3v) is 3.98. The molecule has 3 rings (SSSR count). The average molecular weight is 261 g/mol. The summed E-state index contributed by atoms with van der Waals surface area (Å²) in [6, 6.07) is 3.02. The highest BCUT2D eigenvalue weighted by atomic mass is 15.3. The fraction of sp³-hybridized carbons (Fsp3) is 0.714. The van der Waals surface area contributed by atoms with Gasteiger partial charge in [0.2, 0.25) is 5.95 Å². The highest BCUT2D eigenvalue weighted by Gasteiger charge is 2.34. The van der Waals surface area contributed by atoms with Gasteiger partial charge in [-0.1, -0.05) is 0 Å². The fourth-order valence-electron chi connectivity index (χ4n) is 3.09. The molecule has 2 aliphatic rings. The predicted octanol–water partition coefficient (Wildman–Crippen LogP) is 1.49. The zero-order chi connectivity index (χ0) is 13.2. The van der Waals surface area contributed by atoms with Gasteiger partial charge in [0.25, 0.3) is 0 Å². The van der Waals surface area contributed by atoms with E-state index in [9.17, 15) is 0 Å². The van der Waals surface area contributed by atoms with E-state index in [1.165, 1.54) is 19.4 Å². The molecule has 0 radical (unpaired) electrons. The van der Waals surface area contributed by atoms with Crippen molar-refractivity contribution in [3.63, 3.8) is 0 Å². The first kappa shape index (κ1) is 12.7. The molecule has 1 aromatic heterocycles. The minimum atomic E-state index is 0.359.